The Morgan fingerprint density at radius 2 is 1.90 bits per heavy atom. The summed E-state index contributed by atoms with van der Waals surface area (Å²) in [5, 5.41) is 10.3. The molecule has 5 nitrogen and oxygen atoms in total. The second kappa shape index (κ2) is 5.33. The number of likely N-dealkylation sites (N-methyl/N-ethyl adjacent to an activating group) is 1. The maximum atomic E-state index is 12.4. The molecule has 0 unspecified atom stereocenters. The molecule has 0 saturated heterocycles. The second-order valence-corrected chi connectivity index (χ2v) is 5.64. The molecule has 0 aliphatic rings. The van der Waals surface area contributed by atoms with Crippen LogP contribution in [-0.4, -0.2) is 39.5 Å². The van der Waals surface area contributed by atoms with Crippen LogP contribution in [-0.2, 0) is 4.79 Å². The molecule has 2 aromatic rings. The number of aliphatic carboxylic acids is 1. The predicted octanol–water partition coefficient (Wildman–Crippen LogP) is 2.82. The summed E-state index contributed by atoms with van der Waals surface area (Å²) >= 11 is 6.16. The first kappa shape index (κ1) is 15.3. The number of carboxylic acids is 1. The summed E-state index contributed by atoms with van der Waals surface area (Å²) in [4.78, 5) is 29.1. The van der Waals surface area contributed by atoms with E-state index in [-0.39, 0.29) is 5.69 Å². The van der Waals surface area contributed by atoms with Crippen molar-refractivity contribution >= 4 is 34.4 Å². The molecule has 6 heteroatoms. The van der Waals surface area contributed by atoms with Crippen LogP contribution in [0.5, 0.6) is 0 Å². The molecular formula is C15H15ClN2O3. The third-order valence-electron chi connectivity index (χ3n) is 3.55. The van der Waals surface area contributed by atoms with Gasteiger partial charge in [-0.2, -0.15) is 0 Å². The number of nitrogens with zero attached hydrogens (tertiary/aromatic N) is 2. The zero-order valence-corrected chi connectivity index (χ0v) is 12.7. The van der Waals surface area contributed by atoms with Gasteiger partial charge in [-0.1, -0.05) is 29.8 Å². The van der Waals surface area contributed by atoms with Gasteiger partial charge in [0.25, 0.3) is 5.91 Å². The Kier molecular flexibility index (Phi) is 3.87. The number of amides is 1. The van der Waals surface area contributed by atoms with Crippen molar-refractivity contribution in [1.82, 2.24) is 9.88 Å². The van der Waals surface area contributed by atoms with E-state index >= 15 is 0 Å². The zero-order valence-electron chi connectivity index (χ0n) is 11.9. The maximum Gasteiger partial charge on any atom is 0.329 e. The van der Waals surface area contributed by atoms with Crippen LogP contribution in [0.3, 0.4) is 0 Å². The van der Waals surface area contributed by atoms with E-state index in [0.29, 0.717) is 10.5 Å². The van der Waals surface area contributed by atoms with Crippen LogP contribution in [0, 0.1) is 0 Å². The van der Waals surface area contributed by atoms with Gasteiger partial charge in [0.1, 0.15) is 11.2 Å². The van der Waals surface area contributed by atoms with E-state index in [1.807, 2.05) is 12.1 Å². The highest BCUT2D eigenvalue weighted by molar-refractivity contribution is 6.35. The first-order chi connectivity index (χ1) is 9.75. The van der Waals surface area contributed by atoms with E-state index in [1.165, 1.54) is 27.0 Å². The Labute approximate surface area is 127 Å². The molecule has 1 aromatic carbocycles. The number of pyridine rings is 1. The highest BCUT2D eigenvalue weighted by Gasteiger charge is 2.36. The normalized spacial score (nSPS) is 11.4. The fourth-order valence-corrected chi connectivity index (χ4v) is 2.07. The van der Waals surface area contributed by atoms with Crippen LogP contribution in [0.15, 0.2) is 30.3 Å². The van der Waals surface area contributed by atoms with Gasteiger partial charge in [-0.15, -0.1) is 0 Å². The number of carbonyl (C=O) groups is 2. The Morgan fingerprint density at radius 3 is 2.52 bits per heavy atom. The van der Waals surface area contributed by atoms with Crippen molar-refractivity contribution in [2.24, 2.45) is 0 Å². The van der Waals surface area contributed by atoms with E-state index in [1.54, 1.807) is 12.1 Å². The Balaban J connectivity index is 2.47. The number of para-hydroxylation sites is 1. The number of halogens is 1. The summed E-state index contributed by atoms with van der Waals surface area (Å²) < 4.78 is 0. The molecule has 1 N–H and O–H groups in total. The molecule has 2 rings (SSSR count). The van der Waals surface area contributed by atoms with Crippen molar-refractivity contribution < 1.29 is 14.7 Å². The lowest BCUT2D eigenvalue weighted by atomic mass is 10.0. The Hall–Kier alpha value is -2.14. The first-order valence-corrected chi connectivity index (χ1v) is 6.70. The van der Waals surface area contributed by atoms with Gasteiger partial charge in [0, 0.05) is 12.4 Å². The van der Waals surface area contributed by atoms with Crippen molar-refractivity contribution in [2.75, 3.05) is 7.05 Å². The zero-order chi connectivity index (χ0) is 15.8. The number of carbonyl (C=O) groups excluding carboxylic acids is 1. The molecular weight excluding hydrogens is 292 g/mol. The van der Waals surface area contributed by atoms with Gasteiger partial charge in [-0.3, -0.25) is 4.79 Å². The minimum absolute atomic E-state index is 0.121. The molecule has 0 saturated carbocycles. The van der Waals surface area contributed by atoms with Crippen molar-refractivity contribution in [3.63, 3.8) is 0 Å². The van der Waals surface area contributed by atoms with Gasteiger partial charge in [-0.05, 0) is 26.0 Å². The number of aromatic nitrogens is 1. The number of hydrogen-bond donors (Lipinski definition) is 1. The quantitative estimate of drug-likeness (QED) is 0.946. The molecule has 0 bridgehead atoms. The minimum atomic E-state index is -1.34. The average molecular weight is 307 g/mol. The van der Waals surface area contributed by atoms with Crippen molar-refractivity contribution in [1.29, 1.82) is 0 Å². The summed E-state index contributed by atoms with van der Waals surface area (Å²) in [5.74, 6) is -1.58. The van der Waals surface area contributed by atoms with Crippen LogP contribution >= 0.6 is 11.6 Å². The predicted molar refractivity (Wildman–Crippen MR) is 80.6 cm³/mol. The maximum absolute atomic E-state index is 12.4. The second-order valence-electron chi connectivity index (χ2n) is 5.23. The van der Waals surface area contributed by atoms with Gasteiger partial charge in [0.15, 0.2) is 0 Å². The summed E-state index contributed by atoms with van der Waals surface area (Å²) in [7, 11) is 1.43. The Bertz CT molecular complexity index is 728. The fourth-order valence-electron chi connectivity index (χ4n) is 1.81. The van der Waals surface area contributed by atoms with E-state index in [2.05, 4.69) is 4.98 Å². The van der Waals surface area contributed by atoms with Gasteiger partial charge < -0.3 is 10.0 Å². The van der Waals surface area contributed by atoms with Crippen molar-refractivity contribution in [3.05, 3.63) is 41.0 Å². The summed E-state index contributed by atoms with van der Waals surface area (Å²) in [6, 6.07) is 8.65. The first-order valence-electron chi connectivity index (χ1n) is 6.32. The van der Waals surface area contributed by atoms with Gasteiger partial charge in [-0.25, -0.2) is 9.78 Å². The topological polar surface area (TPSA) is 70.5 Å². The largest absolute Gasteiger partial charge is 0.480 e. The summed E-state index contributed by atoms with van der Waals surface area (Å²) in [5.41, 5.74) is -0.623. The lowest BCUT2D eigenvalue weighted by molar-refractivity contribution is -0.147. The molecule has 0 fully saturated rings. The molecule has 1 aromatic heterocycles. The Morgan fingerprint density at radius 1 is 1.29 bits per heavy atom. The van der Waals surface area contributed by atoms with Crippen LogP contribution in [0.4, 0.5) is 0 Å². The number of benzene rings is 1. The van der Waals surface area contributed by atoms with Crippen LogP contribution in [0.25, 0.3) is 10.9 Å². The monoisotopic (exact) mass is 306 g/mol. The van der Waals surface area contributed by atoms with Gasteiger partial charge >= 0.3 is 5.97 Å². The lowest BCUT2D eigenvalue weighted by Crippen LogP contribution is -2.50. The third kappa shape index (κ3) is 2.69. The highest BCUT2D eigenvalue weighted by atomic mass is 35.5. The van der Waals surface area contributed by atoms with E-state index in [9.17, 15) is 14.7 Å². The highest BCUT2D eigenvalue weighted by Crippen LogP contribution is 2.24. The molecule has 0 aliphatic heterocycles. The fraction of sp³-hybridized carbons (Fsp3) is 0.267. The van der Waals surface area contributed by atoms with E-state index < -0.39 is 17.4 Å². The van der Waals surface area contributed by atoms with Gasteiger partial charge in [0.2, 0.25) is 0 Å². The van der Waals surface area contributed by atoms with Crippen molar-refractivity contribution in [2.45, 2.75) is 19.4 Å². The van der Waals surface area contributed by atoms with Crippen LogP contribution in [0.1, 0.15) is 24.3 Å². The molecule has 1 amide bonds. The number of fused-ring (bicyclic) bond motifs is 1. The van der Waals surface area contributed by atoms with E-state index in [0.717, 1.165) is 10.3 Å². The lowest BCUT2D eigenvalue weighted by Gasteiger charge is -2.31. The van der Waals surface area contributed by atoms with Crippen molar-refractivity contribution in [3.8, 4) is 0 Å². The molecule has 0 spiro atoms. The van der Waals surface area contributed by atoms with Crippen LogP contribution < -0.4 is 0 Å². The SMILES string of the molecule is CN(C(=O)c1cc(Cl)c2ccccc2n1)C(C)(C)C(=O)O. The number of rotatable bonds is 3. The molecule has 1 heterocycles. The van der Waals surface area contributed by atoms with E-state index in [4.69, 9.17) is 11.6 Å². The molecule has 21 heavy (non-hydrogen) atoms. The third-order valence-corrected chi connectivity index (χ3v) is 3.86. The molecule has 0 radical (unpaired) electrons. The standard InChI is InChI=1S/C15H15ClN2O3/c1-15(2,14(20)21)18(3)13(19)12-8-10(16)9-6-4-5-7-11(9)17-12/h4-8H,1-3H3,(H,20,21). The summed E-state index contributed by atoms with van der Waals surface area (Å²) in [6.07, 6.45) is 0. The number of carboxylic acid groups (broad SMARTS) is 1. The molecule has 0 atom stereocenters. The molecule has 110 valence electrons. The van der Waals surface area contributed by atoms with Crippen LogP contribution in [0.2, 0.25) is 5.02 Å². The minimum Gasteiger partial charge on any atom is -0.480 e. The molecule has 0 aliphatic carbocycles. The van der Waals surface area contributed by atoms with Gasteiger partial charge in [0.05, 0.1) is 10.5 Å². The number of hydrogen-bond acceptors (Lipinski definition) is 3. The average Bonchev–Trinajstić information content (AvgIpc) is 2.45. The summed E-state index contributed by atoms with van der Waals surface area (Å²) in [6.45, 7) is 2.91. The smallest absolute Gasteiger partial charge is 0.329 e.